The first-order chi connectivity index (χ1) is 12.0. The summed E-state index contributed by atoms with van der Waals surface area (Å²) >= 11 is 3.34. The SMILES string of the molecule is O=C(N/N=C/c1ccc(Br)cc1)C1CC(=O)N(c2ccc(F)cc2)C1. The summed E-state index contributed by atoms with van der Waals surface area (Å²) in [7, 11) is 0. The Morgan fingerprint density at radius 1 is 1.20 bits per heavy atom. The van der Waals surface area contributed by atoms with Crippen molar-refractivity contribution in [3.8, 4) is 0 Å². The number of carbonyl (C=O) groups is 2. The zero-order valence-corrected chi connectivity index (χ0v) is 14.7. The summed E-state index contributed by atoms with van der Waals surface area (Å²) in [5.41, 5.74) is 3.90. The van der Waals surface area contributed by atoms with E-state index in [9.17, 15) is 14.0 Å². The Morgan fingerprint density at radius 2 is 1.88 bits per heavy atom. The monoisotopic (exact) mass is 403 g/mol. The fourth-order valence-corrected chi connectivity index (χ4v) is 2.83. The highest BCUT2D eigenvalue weighted by atomic mass is 79.9. The van der Waals surface area contributed by atoms with Gasteiger partial charge in [-0.05, 0) is 42.0 Å². The van der Waals surface area contributed by atoms with Gasteiger partial charge in [0.15, 0.2) is 0 Å². The van der Waals surface area contributed by atoms with Gasteiger partial charge in [0, 0.05) is 23.1 Å². The molecule has 0 saturated carbocycles. The highest BCUT2D eigenvalue weighted by molar-refractivity contribution is 9.10. The van der Waals surface area contributed by atoms with E-state index >= 15 is 0 Å². The van der Waals surface area contributed by atoms with Crippen LogP contribution in [0.2, 0.25) is 0 Å². The lowest BCUT2D eigenvalue weighted by Crippen LogP contribution is -2.30. The number of hydrogen-bond acceptors (Lipinski definition) is 3. The van der Waals surface area contributed by atoms with E-state index in [2.05, 4.69) is 26.5 Å². The molecule has 25 heavy (non-hydrogen) atoms. The van der Waals surface area contributed by atoms with E-state index in [-0.39, 0.29) is 30.6 Å². The standard InChI is InChI=1S/C18H15BrFN3O2/c19-14-3-1-12(2-4-14)10-21-22-18(25)13-9-17(24)23(11-13)16-7-5-15(20)6-8-16/h1-8,10,13H,9,11H2,(H,22,25)/b21-10+. The molecule has 1 heterocycles. The molecular formula is C18H15BrFN3O2. The topological polar surface area (TPSA) is 61.8 Å². The van der Waals surface area contributed by atoms with E-state index < -0.39 is 5.92 Å². The normalized spacial score (nSPS) is 17.3. The fourth-order valence-electron chi connectivity index (χ4n) is 2.56. The largest absolute Gasteiger partial charge is 0.312 e. The van der Waals surface area contributed by atoms with Crippen molar-refractivity contribution in [2.75, 3.05) is 11.4 Å². The average molecular weight is 404 g/mol. The number of hydrazone groups is 1. The van der Waals surface area contributed by atoms with E-state index in [0.717, 1.165) is 10.0 Å². The predicted molar refractivity (Wildman–Crippen MR) is 96.7 cm³/mol. The minimum absolute atomic E-state index is 0.108. The van der Waals surface area contributed by atoms with Crippen molar-refractivity contribution >= 4 is 39.6 Å². The van der Waals surface area contributed by atoms with Crippen molar-refractivity contribution in [2.45, 2.75) is 6.42 Å². The van der Waals surface area contributed by atoms with Gasteiger partial charge in [-0.3, -0.25) is 9.59 Å². The molecule has 7 heteroatoms. The number of rotatable bonds is 4. The Labute approximate surface area is 152 Å². The van der Waals surface area contributed by atoms with Crippen LogP contribution in [0.25, 0.3) is 0 Å². The molecule has 1 saturated heterocycles. The van der Waals surface area contributed by atoms with Crippen LogP contribution < -0.4 is 10.3 Å². The van der Waals surface area contributed by atoms with Gasteiger partial charge in [-0.2, -0.15) is 5.10 Å². The Bertz CT molecular complexity index is 806. The molecule has 1 fully saturated rings. The van der Waals surface area contributed by atoms with E-state index in [1.54, 1.807) is 6.21 Å². The number of carbonyl (C=O) groups excluding carboxylic acids is 2. The Kier molecular flexibility index (Phi) is 5.23. The van der Waals surface area contributed by atoms with Crippen LogP contribution in [0.1, 0.15) is 12.0 Å². The van der Waals surface area contributed by atoms with Crippen molar-refractivity contribution in [2.24, 2.45) is 11.0 Å². The fraction of sp³-hybridized carbons (Fsp3) is 0.167. The highest BCUT2D eigenvalue weighted by Gasteiger charge is 2.35. The molecule has 0 aromatic heterocycles. The molecule has 128 valence electrons. The minimum Gasteiger partial charge on any atom is -0.312 e. The Balaban J connectivity index is 1.59. The summed E-state index contributed by atoms with van der Waals surface area (Å²) in [5, 5.41) is 3.93. The van der Waals surface area contributed by atoms with Crippen LogP contribution in [0.4, 0.5) is 10.1 Å². The summed E-state index contributed by atoms with van der Waals surface area (Å²) in [4.78, 5) is 25.8. The third kappa shape index (κ3) is 4.30. The van der Waals surface area contributed by atoms with Gasteiger partial charge in [0.1, 0.15) is 5.82 Å². The van der Waals surface area contributed by atoms with Gasteiger partial charge < -0.3 is 4.90 Å². The second-order valence-electron chi connectivity index (χ2n) is 5.67. The smallest absolute Gasteiger partial charge is 0.245 e. The average Bonchev–Trinajstić information content (AvgIpc) is 2.99. The maximum Gasteiger partial charge on any atom is 0.245 e. The molecule has 1 N–H and O–H groups in total. The molecule has 2 aromatic carbocycles. The van der Waals surface area contributed by atoms with E-state index in [1.807, 2.05) is 24.3 Å². The van der Waals surface area contributed by atoms with E-state index in [4.69, 9.17) is 0 Å². The molecule has 1 unspecified atom stereocenters. The maximum absolute atomic E-state index is 13.0. The molecule has 5 nitrogen and oxygen atoms in total. The van der Waals surface area contributed by atoms with Crippen LogP contribution in [-0.4, -0.2) is 24.6 Å². The van der Waals surface area contributed by atoms with Gasteiger partial charge in [-0.15, -0.1) is 0 Å². The lowest BCUT2D eigenvalue weighted by atomic mass is 10.1. The van der Waals surface area contributed by atoms with Gasteiger partial charge in [-0.25, -0.2) is 9.82 Å². The summed E-state index contributed by atoms with van der Waals surface area (Å²) in [6, 6.07) is 13.1. The number of hydrogen-bond donors (Lipinski definition) is 1. The van der Waals surface area contributed by atoms with Crippen molar-refractivity contribution in [1.82, 2.24) is 5.43 Å². The minimum atomic E-state index is -0.486. The molecule has 0 bridgehead atoms. The van der Waals surface area contributed by atoms with Gasteiger partial charge in [0.2, 0.25) is 11.8 Å². The quantitative estimate of drug-likeness (QED) is 0.629. The second-order valence-corrected chi connectivity index (χ2v) is 6.58. The Morgan fingerprint density at radius 3 is 2.56 bits per heavy atom. The van der Waals surface area contributed by atoms with E-state index in [1.165, 1.54) is 29.2 Å². The van der Waals surface area contributed by atoms with Gasteiger partial charge in [0.05, 0.1) is 12.1 Å². The van der Waals surface area contributed by atoms with Crippen LogP contribution >= 0.6 is 15.9 Å². The zero-order valence-electron chi connectivity index (χ0n) is 13.2. The van der Waals surface area contributed by atoms with Gasteiger partial charge in [0.25, 0.3) is 0 Å². The molecule has 0 radical (unpaired) electrons. The molecule has 0 aliphatic carbocycles. The summed E-state index contributed by atoms with van der Waals surface area (Å²) in [5.74, 6) is -1.33. The lowest BCUT2D eigenvalue weighted by molar-refractivity contribution is -0.126. The van der Waals surface area contributed by atoms with Crippen molar-refractivity contribution in [3.63, 3.8) is 0 Å². The number of nitrogens with one attached hydrogen (secondary N) is 1. The number of benzene rings is 2. The first-order valence-corrected chi connectivity index (χ1v) is 8.46. The van der Waals surface area contributed by atoms with Gasteiger partial charge in [-0.1, -0.05) is 28.1 Å². The molecule has 0 spiro atoms. The molecule has 2 aromatic rings. The third-order valence-electron chi connectivity index (χ3n) is 3.89. The number of amides is 2. The first-order valence-electron chi connectivity index (χ1n) is 7.67. The molecule has 3 rings (SSSR count). The summed E-state index contributed by atoms with van der Waals surface area (Å²) < 4.78 is 13.9. The Hall–Kier alpha value is -2.54. The predicted octanol–water partition coefficient (Wildman–Crippen LogP) is 3.09. The van der Waals surface area contributed by atoms with Crippen molar-refractivity contribution < 1.29 is 14.0 Å². The molecule has 2 amide bonds. The van der Waals surface area contributed by atoms with Crippen LogP contribution in [-0.2, 0) is 9.59 Å². The molecule has 1 aliphatic rings. The van der Waals surface area contributed by atoms with Crippen molar-refractivity contribution in [1.29, 1.82) is 0 Å². The zero-order chi connectivity index (χ0) is 17.8. The third-order valence-corrected chi connectivity index (χ3v) is 4.42. The van der Waals surface area contributed by atoms with Crippen molar-refractivity contribution in [3.05, 3.63) is 64.4 Å². The maximum atomic E-state index is 13.0. The van der Waals surface area contributed by atoms with Crippen LogP contribution in [0.15, 0.2) is 58.1 Å². The van der Waals surface area contributed by atoms with Crippen LogP contribution in [0, 0.1) is 11.7 Å². The van der Waals surface area contributed by atoms with Crippen LogP contribution in [0.3, 0.4) is 0 Å². The van der Waals surface area contributed by atoms with Crippen LogP contribution in [0.5, 0.6) is 0 Å². The second kappa shape index (κ2) is 7.57. The highest BCUT2D eigenvalue weighted by Crippen LogP contribution is 2.25. The first kappa shape index (κ1) is 17.3. The van der Waals surface area contributed by atoms with E-state index in [0.29, 0.717) is 5.69 Å². The number of nitrogens with zero attached hydrogens (tertiary/aromatic N) is 2. The van der Waals surface area contributed by atoms with Gasteiger partial charge >= 0.3 is 0 Å². The number of anilines is 1. The molecule has 1 aliphatic heterocycles. The molecular weight excluding hydrogens is 389 g/mol. The summed E-state index contributed by atoms with van der Waals surface area (Å²) in [6.07, 6.45) is 1.65. The molecule has 1 atom stereocenters. The summed E-state index contributed by atoms with van der Waals surface area (Å²) in [6.45, 7) is 0.254. The number of halogens is 2. The lowest BCUT2D eigenvalue weighted by Gasteiger charge is -2.16.